The molecule has 1 N–H and O–H groups in total. The van der Waals surface area contributed by atoms with Crippen LogP contribution in [0.2, 0.25) is 0 Å². The molecule has 0 unspecified atom stereocenters. The first-order valence-corrected chi connectivity index (χ1v) is 6.43. The lowest BCUT2D eigenvalue weighted by atomic mass is 10.1. The van der Waals surface area contributed by atoms with Gasteiger partial charge in [0.15, 0.2) is 5.82 Å². The van der Waals surface area contributed by atoms with Gasteiger partial charge in [0.2, 0.25) is 0 Å². The van der Waals surface area contributed by atoms with Crippen molar-refractivity contribution < 1.29 is 0 Å². The lowest BCUT2D eigenvalue weighted by Gasteiger charge is -2.20. The summed E-state index contributed by atoms with van der Waals surface area (Å²) >= 11 is 0. The minimum atomic E-state index is 0.0958. The van der Waals surface area contributed by atoms with Gasteiger partial charge in [-0.1, -0.05) is 0 Å². The van der Waals surface area contributed by atoms with E-state index in [1.54, 1.807) is 12.4 Å². The lowest BCUT2D eigenvalue weighted by Crippen LogP contribution is -2.35. The highest BCUT2D eigenvalue weighted by molar-refractivity contribution is 5.57. The Balaban J connectivity index is 2.13. The number of pyridine rings is 1. The second kappa shape index (κ2) is 5.45. The molecule has 0 bridgehead atoms. The standard InChI is InChI=1S/C15H20N4/c1-11-5-6-16-10-13(11)14-17-7-12(8-18-14)9-19-15(2,3)4/h5-8,10,19H,9H2,1-4H3. The molecule has 2 heterocycles. The summed E-state index contributed by atoms with van der Waals surface area (Å²) in [6.45, 7) is 9.23. The van der Waals surface area contributed by atoms with Crippen LogP contribution in [0.3, 0.4) is 0 Å². The fraction of sp³-hybridized carbons (Fsp3) is 0.400. The highest BCUT2D eigenvalue weighted by Gasteiger charge is 2.09. The second-order valence-corrected chi connectivity index (χ2v) is 5.71. The Morgan fingerprint density at radius 3 is 2.37 bits per heavy atom. The molecule has 2 aromatic rings. The fourth-order valence-corrected chi connectivity index (χ4v) is 1.65. The SMILES string of the molecule is Cc1ccncc1-c1ncc(CNC(C)(C)C)cn1. The molecule has 0 amide bonds. The molecule has 2 rings (SSSR count). The van der Waals surface area contributed by atoms with E-state index < -0.39 is 0 Å². The molecule has 4 heteroatoms. The van der Waals surface area contributed by atoms with E-state index in [4.69, 9.17) is 0 Å². The van der Waals surface area contributed by atoms with Crippen molar-refractivity contribution in [2.24, 2.45) is 0 Å². The Morgan fingerprint density at radius 1 is 1.11 bits per heavy atom. The number of rotatable bonds is 3. The summed E-state index contributed by atoms with van der Waals surface area (Å²) in [5.41, 5.74) is 3.30. The van der Waals surface area contributed by atoms with Gasteiger partial charge in [-0.15, -0.1) is 0 Å². The average Bonchev–Trinajstić information content (AvgIpc) is 2.37. The molecule has 0 aliphatic rings. The predicted octanol–water partition coefficient (Wildman–Crippen LogP) is 2.74. The Morgan fingerprint density at radius 2 is 1.79 bits per heavy atom. The monoisotopic (exact) mass is 256 g/mol. The summed E-state index contributed by atoms with van der Waals surface area (Å²) in [5, 5.41) is 3.42. The van der Waals surface area contributed by atoms with Crippen LogP contribution < -0.4 is 5.32 Å². The predicted molar refractivity (Wildman–Crippen MR) is 76.6 cm³/mol. The molecule has 0 radical (unpaired) electrons. The van der Waals surface area contributed by atoms with E-state index in [9.17, 15) is 0 Å². The van der Waals surface area contributed by atoms with Gasteiger partial charge in [-0.3, -0.25) is 4.98 Å². The normalized spacial score (nSPS) is 11.6. The van der Waals surface area contributed by atoms with E-state index in [1.165, 1.54) is 0 Å². The lowest BCUT2D eigenvalue weighted by molar-refractivity contribution is 0.423. The van der Waals surface area contributed by atoms with Gasteiger partial charge in [0.1, 0.15) is 0 Å². The molecule has 2 aromatic heterocycles. The highest BCUT2D eigenvalue weighted by Crippen LogP contribution is 2.17. The van der Waals surface area contributed by atoms with Crippen LogP contribution in [0.4, 0.5) is 0 Å². The van der Waals surface area contributed by atoms with Crippen LogP contribution in [-0.4, -0.2) is 20.5 Å². The van der Waals surface area contributed by atoms with E-state index in [0.717, 1.165) is 29.1 Å². The van der Waals surface area contributed by atoms with Crippen molar-refractivity contribution in [3.63, 3.8) is 0 Å². The van der Waals surface area contributed by atoms with Crippen molar-refractivity contribution >= 4 is 0 Å². The summed E-state index contributed by atoms with van der Waals surface area (Å²) in [6.07, 6.45) is 7.32. The maximum atomic E-state index is 4.42. The quantitative estimate of drug-likeness (QED) is 0.917. The topological polar surface area (TPSA) is 50.7 Å². The van der Waals surface area contributed by atoms with Gasteiger partial charge in [-0.25, -0.2) is 9.97 Å². The number of nitrogens with one attached hydrogen (secondary N) is 1. The molecule has 0 aliphatic heterocycles. The number of aromatic nitrogens is 3. The smallest absolute Gasteiger partial charge is 0.160 e. The number of hydrogen-bond acceptors (Lipinski definition) is 4. The van der Waals surface area contributed by atoms with Crippen LogP contribution in [0.1, 0.15) is 31.9 Å². The molecular weight excluding hydrogens is 236 g/mol. The third-order valence-electron chi connectivity index (χ3n) is 2.81. The molecular formula is C15H20N4. The Labute approximate surface area is 114 Å². The molecule has 0 spiro atoms. The van der Waals surface area contributed by atoms with Crippen LogP contribution in [0.25, 0.3) is 11.4 Å². The van der Waals surface area contributed by atoms with E-state index >= 15 is 0 Å². The largest absolute Gasteiger partial charge is 0.308 e. The maximum Gasteiger partial charge on any atom is 0.160 e. The van der Waals surface area contributed by atoms with Crippen LogP contribution in [0, 0.1) is 6.92 Å². The van der Waals surface area contributed by atoms with Crippen LogP contribution >= 0.6 is 0 Å². The molecule has 19 heavy (non-hydrogen) atoms. The average molecular weight is 256 g/mol. The van der Waals surface area contributed by atoms with Gasteiger partial charge in [0, 0.05) is 48.0 Å². The first-order chi connectivity index (χ1) is 8.96. The van der Waals surface area contributed by atoms with Gasteiger partial charge in [0.05, 0.1) is 0 Å². The van der Waals surface area contributed by atoms with Crippen LogP contribution in [0.5, 0.6) is 0 Å². The van der Waals surface area contributed by atoms with Gasteiger partial charge < -0.3 is 5.32 Å². The Kier molecular flexibility index (Phi) is 3.90. The van der Waals surface area contributed by atoms with Gasteiger partial charge in [-0.05, 0) is 39.3 Å². The Bertz CT molecular complexity index is 541. The molecule has 4 nitrogen and oxygen atoms in total. The summed E-state index contributed by atoms with van der Waals surface area (Å²) in [6, 6.07) is 1.97. The third-order valence-corrected chi connectivity index (χ3v) is 2.81. The molecule has 100 valence electrons. The summed E-state index contributed by atoms with van der Waals surface area (Å²) in [4.78, 5) is 13.0. The minimum absolute atomic E-state index is 0.0958. The molecule has 0 atom stereocenters. The molecule has 0 fully saturated rings. The molecule has 0 aromatic carbocycles. The van der Waals surface area contributed by atoms with Crippen molar-refractivity contribution in [1.29, 1.82) is 0 Å². The number of nitrogens with zero attached hydrogens (tertiary/aromatic N) is 3. The zero-order valence-corrected chi connectivity index (χ0v) is 11.9. The molecule has 0 saturated carbocycles. The van der Waals surface area contributed by atoms with Crippen molar-refractivity contribution in [2.75, 3.05) is 0 Å². The van der Waals surface area contributed by atoms with E-state index in [-0.39, 0.29) is 5.54 Å². The Hall–Kier alpha value is -1.81. The van der Waals surface area contributed by atoms with Crippen molar-refractivity contribution in [3.05, 3.63) is 42.0 Å². The summed E-state index contributed by atoms with van der Waals surface area (Å²) in [7, 11) is 0. The first-order valence-electron chi connectivity index (χ1n) is 6.43. The maximum absolute atomic E-state index is 4.42. The van der Waals surface area contributed by atoms with E-state index in [1.807, 2.05) is 25.4 Å². The van der Waals surface area contributed by atoms with Gasteiger partial charge >= 0.3 is 0 Å². The zero-order valence-electron chi connectivity index (χ0n) is 11.9. The first kappa shape index (κ1) is 13.6. The van der Waals surface area contributed by atoms with E-state index in [2.05, 4.69) is 41.0 Å². The van der Waals surface area contributed by atoms with Gasteiger partial charge in [0.25, 0.3) is 0 Å². The highest BCUT2D eigenvalue weighted by atomic mass is 15.0. The van der Waals surface area contributed by atoms with Crippen LogP contribution in [0.15, 0.2) is 30.9 Å². The fourth-order valence-electron chi connectivity index (χ4n) is 1.65. The summed E-state index contributed by atoms with van der Waals surface area (Å²) in [5.74, 6) is 0.727. The van der Waals surface area contributed by atoms with Crippen molar-refractivity contribution in [3.8, 4) is 11.4 Å². The summed E-state index contributed by atoms with van der Waals surface area (Å²) < 4.78 is 0. The second-order valence-electron chi connectivity index (χ2n) is 5.71. The van der Waals surface area contributed by atoms with Crippen molar-refractivity contribution in [2.45, 2.75) is 39.8 Å². The molecule has 0 aliphatic carbocycles. The van der Waals surface area contributed by atoms with Crippen LogP contribution in [-0.2, 0) is 6.54 Å². The molecule has 0 saturated heterocycles. The van der Waals surface area contributed by atoms with E-state index in [0.29, 0.717) is 0 Å². The van der Waals surface area contributed by atoms with Crippen molar-refractivity contribution in [1.82, 2.24) is 20.3 Å². The van der Waals surface area contributed by atoms with Gasteiger partial charge in [-0.2, -0.15) is 0 Å². The minimum Gasteiger partial charge on any atom is -0.308 e. The zero-order chi connectivity index (χ0) is 13.9. The number of aryl methyl sites for hydroxylation is 1. The number of hydrogen-bond donors (Lipinski definition) is 1. The third kappa shape index (κ3) is 3.83.